The van der Waals surface area contributed by atoms with Crippen LogP contribution in [0.5, 0.6) is 5.75 Å². The third kappa shape index (κ3) is 4.69. The SMILES string of the molecule is COCCN(CCOC)C(=O)CCN1C(=O)COc2ccccc21. The minimum atomic E-state index is -0.137. The molecule has 0 saturated heterocycles. The standard InChI is InChI=1S/C17H24N2O5/c1-22-11-9-18(10-12-23-2)16(20)7-8-19-14-5-3-4-6-15(14)24-13-17(19)21/h3-6H,7-13H2,1-2H3. The minimum absolute atomic E-state index is 0.00225. The van der Waals surface area contributed by atoms with Crippen molar-refractivity contribution in [2.75, 3.05) is 58.6 Å². The van der Waals surface area contributed by atoms with E-state index in [1.807, 2.05) is 24.3 Å². The van der Waals surface area contributed by atoms with E-state index in [9.17, 15) is 9.59 Å². The van der Waals surface area contributed by atoms with Crippen LogP contribution in [0.2, 0.25) is 0 Å². The number of anilines is 1. The first kappa shape index (κ1) is 18.2. The largest absolute Gasteiger partial charge is 0.482 e. The van der Waals surface area contributed by atoms with Gasteiger partial charge in [0.25, 0.3) is 5.91 Å². The summed E-state index contributed by atoms with van der Waals surface area (Å²) in [6, 6.07) is 7.35. The van der Waals surface area contributed by atoms with Crippen molar-refractivity contribution >= 4 is 17.5 Å². The molecule has 0 aliphatic carbocycles. The summed E-state index contributed by atoms with van der Waals surface area (Å²) >= 11 is 0. The van der Waals surface area contributed by atoms with Gasteiger partial charge < -0.3 is 24.0 Å². The van der Waals surface area contributed by atoms with Crippen molar-refractivity contribution in [1.29, 1.82) is 0 Å². The lowest BCUT2D eigenvalue weighted by Gasteiger charge is -2.30. The first-order chi connectivity index (χ1) is 11.7. The highest BCUT2D eigenvalue weighted by Crippen LogP contribution is 2.31. The van der Waals surface area contributed by atoms with E-state index in [0.717, 1.165) is 0 Å². The summed E-state index contributed by atoms with van der Waals surface area (Å²) in [5.41, 5.74) is 0.710. The molecule has 132 valence electrons. The van der Waals surface area contributed by atoms with Crippen LogP contribution in [0.3, 0.4) is 0 Å². The van der Waals surface area contributed by atoms with Crippen molar-refractivity contribution in [3.05, 3.63) is 24.3 Å². The number of para-hydroxylation sites is 2. The summed E-state index contributed by atoms with van der Waals surface area (Å²) in [6.45, 7) is 2.28. The van der Waals surface area contributed by atoms with Crippen LogP contribution in [-0.4, -0.2) is 70.4 Å². The highest BCUT2D eigenvalue weighted by molar-refractivity contribution is 5.98. The molecule has 0 aromatic heterocycles. The Labute approximate surface area is 142 Å². The van der Waals surface area contributed by atoms with Crippen LogP contribution >= 0.6 is 0 Å². The number of amides is 2. The van der Waals surface area contributed by atoms with Gasteiger partial charge in [0.05, 0.1) is 18.9 Å². The Balaban J connectivity index is 1.97. The third-order valence-corrected chi connectivity index (χ3v) is 3.84. The lowest BCUT2D eigenvalue weighted by atomic mass is 10.2. The molecule has 2 rings (SSSR count). The lowest BCUT2D eigenvalue weighted by molar-refractivity contribution is -0.132. The Bertz CT molecular complexity index is 556. The average Bonchev–Trinajstić information content (AvgIpc) is 2.60. The molecule has 0 radical (unpaired) electrons. The second-order valence-corrected chi connectivity index (χ2v) is 5.42. The van der Waals surface area contributed by atoms with E-state index >= 15 is 0 Å². The number of nitrogens with zero attached hydrogens (tertiary/aromatic N) is 2. The molecule has 1 aliphatic rings. The number of benzene rings is 1. The Hall–Kier alpha value is -2.12. The fourth-order valence-corrected chi connectivity index (χ4v) is 2.53. The maximum atomic E-state index is 12.5. The molecule has 1 aromatic carbocycles. The summed E-state index contributed by atoms with van der Waals surface area (Å²) in [7, 11) is 3.20. The summed E-state index contributed by atoms with van der Waals surface area (Å²) in [5.74, 6) is 0.503. The van der Waals surface area contributed by atoms with E-state index in [1.54, 1.807) is 24.0 Å². The van der Waals surface area contributed by atoms with Crippen LogP contribution in [0.4, 0.5) is 5.69 Å². The van der Waals surface area contributed by atoms with Crippen LogP contribution in [0.25, 0.3) is 0 Å². The molecule has 0 saturated carbocycles. The molecule has 0 bridgehead atoms. The zero-order valence-electron chi connectivity index (χ0n) is 14.2. The molecule has 7 nitrogen and oxygen atoms in total. The monoisotopic (exact) mass is 336 g/mol. The van der Waals surface area contributed by atoms with Crippen molar-refractivity contribution in [1.82, 2.24) is 4.90 Å². The zero-order valence-corrected chi connectivity index (χ0v) is 14.2. The van der Waals surface area contributed by atoms with Gasteiger partial charge in [-0.25, -0.2) is 0 Å². The topological polar surface area (TPSA) is 68.3 Å². The van der Waals surface area contributed by atoms with E-state index < -0.39 is 0 Å². The second kappa shape index (κ2) is 9.24. The second-order valence-electron chi connectivity index (χ2n) is 5.42. The fraction of sp³-hybridized carbons (Fsp3) is 0.529. The number of fused-ring (bicyclic) bond motifs is 1. The Morgan fingerprint density at radius 1 is 1.21 bits per heavy atom. The van der Waals surface area contributed by atoms with Crippen LogP contribution < -0.4 is 9.64 Å². The van der Waals surface area contributed by atoms with Crippen molar-refractivity contribution in [3.8, 4) is 5.75 Å². The van der Waals surface area contributed by atoms with Gasteiger partial charge in [-0.05, 0) is 12.1 Å². The molecule has 7 heteroatoms. The van der Waals surface area contributed by atoms with Crippen molar-refractivity contribution in [2.45, 2.75) is 6.42 Å². The molecular weight excluding hydrogens is 312 g/mol. The molecule has 2 amide bonds. The van der Waals surface area contributed by atoms with Crippen LogP contribution in [-0.2, 0) is 19.1 Å². The van der Waals surface area contributed by atoms with Gasteiger partial charge in [-0.1, -0.05) is 12.1 Å². The van der Waals surface area contributed by atoms with Crippen LogP contribution in [0.15, 0.2) is 24.3 Å². The molecule has 0 fully saturated rings. The van der Waals surface area contributed by atoms with E-state index in [0.29, 0.717) is 44.3 Å². The lowest BCUT2D eigenvalue weighted by Crippen LogP contribution is -2.42. The van der Waals surface area contributed by atoms with Gasteiger partial charge in [0, 0.05) is 40.3 Å². The maximum Gasteiger partial charge on any atom is 0.265 e. The Kier molecular flexibility index (Phi) is 7.02. The summed E-state index contributed by atoms with van der Waals surface area (Å²) in [5, 5.41) is 0. The smallest absolute Gasteiger partial charge is 0.265 e. The number of carbonyl (C=O) groups is 2. The van der Waals surface area contributed by atoms with E-state index in [2.05, 4.69) is 0 Å². The highest BCUT2D eigenvalue weighted by Gasteiger charge is 2.26. The van der Waals surface area contributed by atoms with E-state index in [-0.39, 0.29) is 24.8 Å². The van der Waals surface area contributed by atoms with Gasteiger partial charge in [-0.15, -0.1) is 0 Å². The molecule has 0 atom stereocenters. The molecule has 0 spiro atoms. The van der Waals surface area contributed by atoms with Gasteiger partial charge in [-0.3, -0.25) is 9.59 Å². The molecular formula is C17H24N2O5. The van der Waals surface area contributed by atoms with Gasteiger partial charge in [0.1, 0.15) is 5.75 Å². The number of methoxy groups -OCH3 is 2. The summed E-state index contributed by atoms with van der Waals surface area (Å²) in [4.78, 5) is 27.9. The molecule has 24 heavy (non-hydrogen) atoms. The first-order valence-corrected chi connectivity index (χ1v) is 7.95. The van der Waals surface area contributed by atoms with Crippen LogP contribution in [0.1, 0.15) is 6.42 Å². The molecule has 1 aromatic rings. The number of ether oxygens (including phenoxy) is 3. The predicted octanol–water partition coefficient (Wildman–Crippen LogP) is 0.924. The van der Waals surface area contributed by atoms with Gasteiger partial charge in [-0.2, -0.15) is 0 Å². The Morgan fingerprint density at radius 3 is 2.54 bits per heavy atom. The molecule has 1 heterocycles. The summed E-state index contributed by atoms with van der Waals surface area (Å²) < 4.78 is 15.5. The van der Waals surface area contributed by atoms with Gasteiger partial charge in [0.15, 0.2) is 6.61 Å². The fourth-order valence-electron chi connectivity index (χ4n) is 2.53. The molecule has 1 aliphatic heterocycles. The maximum absolute atomic E-state index is 12.5. The van der Waals surface area contributed by atoms with Crippen molar-refractivity contribution in [3.63, 3.8) is 0 Å². The van der Waals surface area contributed by atoms with Crippen molar-refractivity contribution < 1.29 is 23.8 Å². The quantitative estimate of drug-likeness (QED) is 0.671. The number of rotatable bonds is 9. The first-order valence-electron chi connectivity index (χ1n) is 7.95. The van der Waals surface area contributed by atoms with E-state index in [1.165, 1.54) is 0 Å². The zero-order chi connectivity index (χ0) is 17.4. The number of hydrogen-bond acceptors (Lipinski definition) is 5. The predicted molar refractivity (Wildman–Crippen MR) is 89.2 cm³/mol. The third-order valence-electron chi connectivity index (χ3n) is 3.84. The number of carbonyl (C=O) groups excluding carboxylic acids is 2. The number of hydrogen-bond donors (Lipinski definition) is 0. The normalized spacial score (nSPS) is 13.4. The van der Waals surface area contributed by atoms with Gasteiger partial charge in [0.2, 0.25) is 5.91 Å². The Morgan fingerprint density at radius 2 is 1.88 bits per heavy atom. The molecule has 0 unspecified atom stereocenters. The van der Waals surface area contributed by atoms with Crippen LogP contribution in [0, 0.1) is 0 Å². The van der Waals surface area contributed by atoms with Gasteiger partial charge >= 0.3 is 0 Å². The average molecular weight is 336 g/mol. The minimum Gasteiger partial charge on any atom is -0.482 e. The highest BCUT2D eigenvalue weighted by atomic mass is 16.5. The van der Waals surface area contributed by atoms with Crippen molar-refractivity contribution in [2.24, 2.45) is 0 Å². The molecule has 0 N–H and O–H groups in total. The van der Waals surface area contributed by atoms with E-state index in [4.69, 9.17) is 14.2 Å². The summed E-state index contributed by atoms with van der Waals surface area (Å²) in [6.07, 6.45) is 0.244.